The maximum atomic E-state index is 12.6. The second-order valence-corrected chi connectivity index (χ2v) is 9.29. The number of thiophene rings is 1. The van der Waals surface area contributed by atoms with E-state index in [1.807, 2.05) is 29.6 Å². The number of halogens is 3. The number of hydrogen-bond acceptors (Lipinski definition) is 5. The summed E-state index contributed by atoms with van der Waals surface area (Å²) < 4.78 is 11.8. The summed E-state index contributed by atoms with van der Waals surface area (Å²) in [6.07, 6.45) is 0.698. The van der Waals surface area contributed by atoms with Crippen LogP contribution in [0, 0.1) is 0 Å². The molecule has 0 bridgehead atoms. The minimum absolute atomic E-state index is 0.217. The van der Waals surface area contributed by atoms with Gasteiger partial charge in [0.1, 0.15) is 16.3 Å². The molecule has 3 rings (SSSR count). The predicted molar refractivity (Wildman–Crippen MR) is 133 cm³/mol. The van der Waals surface area contributed by atoms with Crippen LogP contribution in [0.1, 0.15) is 30.1 Å². The summed E-state index contributed by atoms with van der Waals surface area (Å²) in [7, 11) is 0. The molecule has 1 N–H and O–H groups in total. The SMILES string of the molecule is CCOC(=O)c1c(-c2ccc(Br)cc2)csc1NC(=O)CCCOc1ccc(Cl)cc1Cl. The smallest absolute Gasteiger partial charge is 0.341 e. The molecule has 32 heavy (non-hydrogen) atoms. The van der Waals surface area contributed by atoms with E-state index >= 15 is 0 Å². The molecule has 0 aliphatic heterocycles. The van der Waals surface area contributed by atoms with Crippen LogP contribution >= 0.6 is 50.5 Å². The fourth-order valence-corrected chi connectivity index (χ4v) is 4.59. The van der Waals surface area contributed by atoms with Gasteiger partial charge in [-0.1, -0.05) is 51.3 Å². The standard InChI is InChI=1S/C23H20BrCl2NO4S/c1-2-30-23(29)21-17(14-5-7-15(24)8-6-14)13-32-22(21)27-20(28)4-3-11-31-19-10-9-16(25)12-18(19)26/h5-10,12-13H,2-4,11H2,1H3,(H,27,28). The van der Waals surface area contributed by atoms with E-state index in [1.165, 1.54) is 11.3 Å². The van der Waals surface area contributed by atoms with Gasteiger partial charge in [0.25, 0.3) is 0 Å². The first kappa shape index (κ1) is 24.6. The van der Waals surface area contributed by atoms with Crippen LogP contribution in [-0.4, -0.2) is 25.1 Å². The average molecular weight is 557 g/mol. The van der Waals surface area contributed by atoms with E-state index < -0.39 is 5.97 Å². The first-order valence-corrected chi connectivity index (χ1v) is 12.2. The fraction of sp³-hybridized carbons (Fsp3) is 0.217. The van der Waals surface area contributed by atoms with E-state index in [0.717, 1.165) is 15.6 Å². The van der Waals surface area contributed by atoms with Gasteiger partial charge in [-0.05, 0) is 49.2 Å². The van der Waals surface area contributed by atoms with Crippen LogP contribution in [-0.2, 0) is 9.53 Å². The highest BCUT2D eigenvalue weighted by molar-refractivity contribution is 9.10. The summed E-state index contributed by atoms with van der Waals surface area (Å²) >= 11 is 16.7. The van der Waals surface area contributed by atoms with Crippen LogP contribution < -0.4 is 10.1 Å². The Balaban J connectivity index is 1.64. The van der Waals surface area contributed by atoms with Gasteiger partial charge in [0.05, 0.1) is 18.2 Å². The molecule has 168 valence electrons. The van der Waals surface area contributed by atoms with Gasteiger partial charge in [0.2, 0.25) is 5.91 Å². The molecule has 1 heterocycles. The van der Waals surface area contributed by atoms with Crippen molar-refractivity contribution in [3.8, 4) is 16.9 Å². The molecule has 1 amide bonds. The lowest BCUT2D eigenvalue weighted by molar-refractivity contribution is -0.116. The zero-order valence-electron chi connectivity index (χ0n) is 17.1. The van der Waals surface area contributed by atoms with Crippen molar-refractivity contribution in [2.45, 2.75) is 19.8 Å². The lowest BCUT2D eigenvalue weighted by Gasteiger charge is -2.10. The molecule has 3 aromatic rings. The molecule has 0 saturated heterocycles. The molecule has 0 unspecified atom stereocenters. The van der Waals surface area contributed by atoms with Crippen molar-refractivity contribution in [2.75, 3.05) is 18.5 Å². The Labute approximate surface area is 208 Å². The summed E-state index contributed by atoms with van der Waals surface area (Å²) in [6.45, 7) is 2.30. The number of carbonyl (C=O) groups excluding carboxylic acids is 2. The maximum absolute atomic E-state index is 12.6. The van der Waals surface area contributed by atoms with Crippen molar-refractivity contribution in [3.05, 3.63) is 67.9 Å². The van der Waals surface area contributed by atoms with Crippen molar-refractivity contribution in [1.82, 2.24) is 0 Å². The van der Waals surface area contributed by atoms with Gasteiger partial charge >= 0.3 is 5.97 Å². The quantitative estimate of drug-likeness (QED) is 0.219. The number of benzene rings is 2. The zero-order chi connectivity index (χ0) is 23.1. The topological polar surface area (TPSA) is 64.6 Å². The summed E-state index contributed by atoms with van der Waals surface area (Å²) in [5.41, 5.74) is 1.94. The van der Waals surface area contributed by atoms with Gasteiger partial charge in [0, 0.05) is 26.9 Å². The Hall–Kier alpha value is -2.06. The van der Waals surface area contributed by atoms with Crippen LogP contribution in [0.15, 0.2) is 52.3 Å². The maximum Gasteiger partial charge on any atom is 0.341 e. The second kappa shape index (κ2) is 11.7. The first-order chi connectivity index (χ1) is 15.4. The van der Waals surface area contributed by atoms with Crippen molar-refractivity contribution in [1.29, 1.82) is 0 Å². The summed E-state index contributed by atoms with van der Waals surface area (Å²) in [5.74, 6) is -0.174. The minimum Gasteiger partial charge on any atom is -0.492 e. The number of ether oxygens (including phenoxy) is 2. The lowest BCUT2D eigenvalue weighted by atomic mass is 10.0. The molecular formula is C23H20BrCl2NO4S. The highest BCUT2D eigenvalue weighted by Gasteiger charge is 2.22. The van der Waals surface area contributed by atoms with Crippen LogP contribution in [0.5, 0.6) is 5.75 Å². The van der Waals surface area contributed by atoms with Crippen molar-refractivity contribution < 1.29 is 19.1 Å². The van der Waals surface area contributed by atoms with Crippen LogP contribution in [0.3, 0.4) is 0 Å². The number of rotatable bonds is 9. The van der Waals surface area contributed by atoms with Gasteiger partial charge in [-0.25, -0.2) is 4.79 Å². The number of hydrogen-bond donors (Lipinski definition) is 1. The van der Waals surface area contributed by atoms with Crippen LogP contribution in [0.25, 0.3) is 11.1 Å². The number of nitrogens with one attached hydrogen (secondary N) is 1. The van der Waals surface area contributed by atoms with Gasteiger partial charge in [0.15, 0.2) is 0 Å². The first-order valence-electron chi connectivity index (χ1n) is 9.81. The Morgan fingerprint density at radius 2 is 1.88 bits per heavy atom. The molecule has 1 aromatic heterocycles. The lowest BCUT2D eigenvalue weighted by Crippen LogP contribution is -2.15. The molecule has 0 saturated carbocycles. The normalized spacial score (nSPS) is 10.6. The Kier molecular flexibility index (Phi) is 8.99. The van der Waals surface area contributed by atoms with E-state index in [-0.39, 0.29) is 18.9 Å². The van der Waals surface area contributed by atoms with E-state index in [4.69, 9.17) is 32.7 Å². The molecule has 5 nitrogen and oxygen atoms in total. The highest BCUT2D eigenvalue weighted by Crippen LogP contribution is 2.37. The fourth-order valence-electron chi connectivity index (χ4n) is 2.89. The number of anilines is 1. The monoisotopic (exact) mass is 555 g/mol. The van der Waals surface area contributed by atoms with E-state index in [9.17, 15) is 9.59 Å². The third-order valence-corrected chi connectivity index (χ3v) is 6.33. The third-order valence-electron chi connectivity index (χ3n) is 4.38. The average Bonchev–Trinajstić information content (AvgIpc) is 3.16. The molecular weight excluding hydrogens is 537 g/mol. The van der Waals surface area contributed by atoms with Gasteiger partial charge < -0.3 is 14.8 Å². The second-order valence-electron chi connectivity index (χ2n) is 6.66. The Bertz CT molecular complexity index is 1100. The summed E-state index contributed by atoms with van der Waals surface area (Å²) in [6, 6.07) is 12.6. The molecule has 0 aliphatic carbocycles. The van der Waals surface area contributed by atoms with Crippen molar-refractivity contribution in [2.24, 2.45) is 0 Å². The molecule has 0 fully saturated rings. The largest absolute Gasteiger partial charge is 0.492 e. The summed E-state index contributed by atoms with van der Waals surface area (Å²) in [5, 5.41) is 6.09. The Morgan fingerprint density at radius 3 is 2.56 bits per heavy atom. The van der Waals surface area contributed by atoms with Crippen molar-refractivity contribution in [3.63, 3.8) is 0 Å². The third kappa shape index (κ3) is 6.48. The van der Waals surface area contributed by atoms with Gasteiger partial charge in [-0.3, -0.25) is 4.79 Å². The van der Waals surface area contributed by atoms with E-state index in [1.54, 1.807) is 25.1 Å². The number of amides is 1. The predicted octanol–water partition coefficient (Wildman–Crippen LogP) is 7.46. The highest BCUT2D eigenvalue weighted by atomic mass is 79.9. The molecule has 0 aliphatic rings. The van der Waals surface area contributed by atoms with E-state index in [2.05, 4.69) is 21.2 Å². The molecule has 2 aromatic carbocycles. The van der Waals surface area contributed by atoms with Crippen LogP contribution in [0.4, 0.5) is 5.00 Å². The molecule has 9 heteroatoms. The molecule has 0 atom stereocenters. The van der Waals surface area contributed by atoms with Gasteiger partial charge in [-0.15, -0.1) is 11.3 Å². The number of esters is 1. The number of carbonyl (C=O) groups is 2. The summed E-state index contributed by atoms with van der Waals surface area (Å²) in [4.78, 5) is 25.1. The van der Waals surface area contributed by atoms with Crippen LogP contribution in [0.2, 0.25) is 10.0 Å². The molecule has 0 radical (unpaired) electrons. The molecule has 0 spiro atoms. The minimum atomic E-state index is -0.470. The van der Waals surface area contributed by atoms with Crippen molar-refractivity contribution >= 4 is 67.3 Å². The Morgan fingerprint density at radius 1 is 1.12 bits per heavy atom. The van der Waals surface area contributed by atoms with E-state index in [0.29, 0.717) is 39.4 Å². The zero-order valence-corrected chi connectivity index (χ0v) is 21.0. The van der Waals surface area contributed by atoms with Gasteiger partial charge in [-0.2, -0.15) is 0 Å².